The Hall–Kier alpha value is -2.77. The molecule has 30 heavy (non-hydrogen) atoms. The first-order valence-electron chi connectivity index (χ1n) is 9.56. The number of benzene rings is 2. The number of hydrogen-bond acceptors (Lipinski definition) is 5. The molecule has 156 valence electrons. The van der Waals surface area contributed by atoms with Crippen LogP contribution in [0.1, 0.15) is 31.2 Å². The Labute approximate surface area is 183 Å². The lowest BCUT2D eigenvalue weighted by atomic mass is 10.0. The summed E-state index contributed by atoms with van der Waals surface area (Å²) < 4.78 is 10.8. The number of nitrogens with zero attached hydrogens (tertiary/aromatic N) is 3. The lowest BCUT2D eigenvalue weighted by molar-refractivity contribution is 0.142. The first-order valence-corrected chi connectivity index (χ1v) is 10.3. The van der Waals surface area contributed by atoms with Crippen molar-refractivity contribution >= 4 is 34.9 Å². The fraction of sp³-hybridized carbons (Fsp3) is 0.286. The quantitative estimate of drug-likeness (QED) is 0.546. The fourth-order valence-corrected chi connectivity index (χ4v) is 3.97. The number of rotatable bonds is 4. The van der Waals surface area contributed by atoms with Crippen molar-refractivity contribution in [3.63, 3.8) is 0 Å². The SMILES string of the molecule is COc1cccc(-c2noc(C3CCCCN3C(=O)Nc3c(Cl)cccc3Cl)n2)c1. The van der Waals surface area contributed by atoms with E-state index in [1.165, 1.54) is 0 Å². The van der Waals surface area contributed by atoms with Gasteiger partial charge in [-0.1, -0.05) is 46.6 Å². The van der Waals surface area contributed by atoms with Crippen LogP contribution < -0.4 is 10.1 Å². The molecule has 4 rings (SSSR count). The molecular weight excluding hydrogens is 427 g/mol. The van der Waals surface area contributed by atoms with Gasteiger partial charge in [-0.15, -0.1) is 0 Å². The third-order valence-electron chi connectivity index (χ3n) is 5.01. The summed E-state index contributed by atoms with van der Waals surface area (Å²) in [5, 5.41) is 7.67. The van der Waals surface area contributed by atoms with Crippen LogP contribution in [-0.2, 0) is 0 Å². The normalized spacial score (nSPS) is 16.4. The van der Waals surface area contributed by atoms with Crippen molar-refractivity contribution < 1.29 is 14.1 Å². The number of halogens is 2. The van der Waals surface area contributed by atoms with E-state index in [1.54, 1.807) is 30.2 Å². The first kappa shape index (κ1) is 20.5. The minimum atomic E-state index is -0.327. The summed E-state index contributed by atoms with van der Waals surface area (Å²) in [6.45, 7) is 0.565. The van der Waals surface area contributed by atoms with Crippen molar-refractivity contribution in [3.8, 4) is 17.1 Å². The van der Waals surface area contributed by atoms with Crippen molar-refractivity contribution in [2.24, 2.45) is 0 Å². The summed E-state index contributed by atoms with van der Waals surface area (Å²) in [6, 6.07) is 11.9. The number of anilines is 1. The molecular formula is C21H20Cl2N4O3. The molecule has 9 heteroatoms. The molecule has 1 atom stereocenters. The van der Waals surface area contributed by atoms with Gasteiger partial charge in [0.15, 0.2) is 0 Å². The van der Waals surface area contributed by atoms with Gasteiger partial charge in [0.05, 0.1) is 22.8 Å². The van der Waals surface area contributed by atoms with Crippen LogP contribution in [0.15, 0.2) is 47.0 Å². The molecule has 0 bridgehead atoms. The van der Waals surface area contributed by atoms with Crippen LogP contribution in [0.2, 0.25) is 10.0 Å². The molecule has 1 N–H and O–H groups in total. The summed E-state index contributed by atoms with van der Waals surface area (Å²) in [5.74, 6) is 1.55. The van der Waals surface area contributed by atoms with Crippen LogP contribution in [-0.4, -0.2) is 34.7 Å². The Balaban J connectivity index is 1.57. The molecule has 2 heterocycles. The number of para-hydroxylation sites is 1. The monoisotopic (exact) mass is 446 g/mol. The number of nitrogens with one attached hydrogen (secondary N) is 1. The number of aromatic nitrogens is 2. The predicted molar refractivity (Wildman–Crippen MR) is 115 cm³/mol. The Morgan fingerprint density at radius 2 is 1.97 bits per heavy atom. The van der Waals surface area contributed by atoms with Crippen LogP contribution in [0, 0.1) is 0 Å². The van der Waals surface area contributed by atoms with E-state index in [0.717, 1.165) is 24.8 Å². The van der Waals surface area contributed by atoms with E-state index in [0.29, 0.717) is 39.7 Å². The molecule has 1 aliphatic heterocycles. The van der Waals surface area contributed by atoms with E-state index in [9.17, 15) is 4.79 Å². The molecule has 0 saturated carbocycles. The number of ether oxygens (including phenoxy) is 1. The number of piperidine rings is 1. The van der Waals surface area contributed by atoms with Gasteiger partial charge < -0.3 is 19.5 Å². The maximum atomic E-state index is 13.0. The minimum Gasteiger partial charge on any atom is -0.497 e. The second-order valence-electron chi connectivity index (χ2n) is 6.92. The van der Waals surface area contributed by atoms with Crippen molar-refractivity contribution in [2.75, 3.05) is 19.0 Å². The lowest BCUT2D eigenvalue weighted by Gasteiger charge is -2.33. The van der Waals surface area contributed by atoms with E-state index in [-0.39, 0.29) is 12.1 Å². The Bertz CT molecular complexity index is 1040. The van der Waals surface area contributed by atoms with Crippen LogP contribution in [0.4, 0.5) is 10.5 Å². The molecule has 1 saturated heterocycles. The van der Waals surface area contributed by atoms with Crippen molar-refractivity contribution in [1.29, 1.82) is 0 Å². The molecule has 2 aromatic carbocycles. The van der Waals surface area contributed by atoms with Crippen LogP contribution >= 0.6 is 23.2 Å². The first-order chi connectivity index (χ1) is 14.6. The predicted octanol–water partition coefficient (Wildman–Crippen LogP) is 5.81. The van der Waals surface area contributed by atoms with E-state index in [2.05, 4.69) is 15.5 Å². The average Bonchev–Trinajstić information content (AvgIpc) is 3.26. The summed E-state index contributed by atoms with van der Waals surface area (Å²) >= 11 is 12.4. The second-order valence-corrected chi connectivity index (χ2v) is 7.73. The highest BCUT2D eigenvalue weighted by Crippen LogP contribution is 2.34. The molecule has 0 radical (unpaired) electrons. The Morgan fingerprint density at radius 3 is 2.73 bits per heavy atom. The van der Waals surface area contributed by atoms with Crippen LogP contribution in [0.3, 0.4) is 0 Å². The Kier molecular flexibility index (Phi) is 6.11. The highest BCUT2D eigenvalue weighted by molar-refractivity contribution is 6.39. The third kappa shape index (κ3) is 4.22. The number of urea groups is 1. The van der Waals surface area contributed by atoms with E-state index >= 15 is 0 Å². The summed E-state index contributed by atoms with van der Waals surface area (Å²) in [7, 11) is 1.60. The number of carbonyl (C=O) groups is 1. The van der Waals surface area contributed by atoms with Crippen molar-refractivity contribution in [3.05, 3.63) is 58.4 Å². The highest BCUT2D eigenvalue weighted by Gasteiger charge is 2.33. The lowest BCUT2D eigenvalue weighted by Crippen LogP contribution is -2.41. The van der Waals surface area contributed by atoms with Crippen molar-refractivity contribution in [2.45, 2.75) is 25.3 Å². The maximum absolute atomic E-state index is 13.0. The van der Waals surface area contributed by atoms with Gasteiger partial charge in [0.25, 0.3) is 0 Å². The minimum absolute atomic E-state index is 0.309. The zero-order valence-electron chi connectivity index (χ0n) is 16.3. The van der Waals surface area contributed by atoms with Gasteiger partial charge in [0, 0.05) is 12.1 Å². The molecule has 1 fully saturated rings. The zero-order chi connectivity index (χ0) is 21.1. The maximum Gasteiger partial charge on any atom is 0.322 e. The van der Waals surface area contributed by atoms with E-state index in [1.807, 2.05) is 24.3 Å². The number of likely N-dealkylation sites (tertiary alicyclic amines) is 1. The standard InChI is InChI=1S/C21H20Cl2N4O3/c1-29-14-7-4-6-13(12-14)19-25-20(30-26-19)17-10-2-3-11-27(17)21(28)24-18-15(22)8-5-9-16(18)23/h4-9,12,17H,2-3,10-11H2,1H3,(H,24,28). The largest absolute Gasteiger partial charge is 0.497 e. The smallest absolute Gasteiger partial charge is 0.322 e. The van der Waals surface area contributed by atoms with Gasteiger partial charge in [-0.25, -0.2) is 4.79 Å². The molecule has 3 aromatic rings. The highest BCUT2D eigenvalue weighted by atomic mass is 35.5. The molecule has 1 aliphatic rings. The summed E-state index contributed by atoms with van der Waals surface area (Å²) in [5.41, 5.74) is 1.16. The summed E-state index contributed by atoms with van der Waals surface area (Å²) in [6.07, 6.45) is 2.57. The second kappa shape index (κ2) is 8.93. The molecule has 0 aliphatic carbocycles. The number of methoxy groups -OCH3 is 1. The van der Waals surface area contributed by atoms with Gasteiger partial charge in [0.2, 0.25) is 11.7 Å². The van der Waals surface area contributed by atoms with Crippen molar-refractivity contribution in [1.82, 2.24) is 15.0 Å². The zero-order valence-corrected chi connectivity index (χ0v) is 17.8. The number of amides is 2. The molecule has 1 unspecified atom stereocenters. The van der Waals surface area contributed by atoms with Gasteiger partial charge in [-0.2, -0.15) is 4.98 Å². The van der Waals surface area contributed by atoms with E-state index < -0.39 is 0 Å². The Morgan fingerprint density at radius 1 is 1.20 bits per heavy atom. The van der Waals surface area contributed by atoms with Gasteiger partial charge in [0.1, 0.15) is 11.8 Å². The summed E-state index contributed by atoms with van der Waals surface area (Å²) in [4.78, 5) is 19.2. The van der Waals surface area contributed by atoms with Crippen LogP contribution in [0.25, 0.3) is 11.4 Å². The van der Waals surface area contributed by atoms with Crippen LogP contribution in [0.5, 0.6) is 5.75 Å². The average molecular weight is 447 g/mol. The third-order valence-corrected chi connectivity index (χ3v) is 5.64. The molecule has 2 amide bonds. The topological polar surface area (TPSA) is 80.5 Å². The number of carbonyl (C=O) groups excluding carboxylic acids is 1. The van der Waals surface area contributed by atoms with Gasteiger partial charge in [-0.05, 0) is 43.5 Å². The van der Waals surface area contributed by atoms with Gasteiger partial charge in [-0.3, -0.25) is 0 Å². The van der Waals surface area contributed by atoms with Gasteiger partial charge >= 0.3 is 6.03 Å². The number of hydrogen-bond donors (Lipinski definition) is 1. The fourth-order valence-electron chi connectivity index (χ4n) is 3.48. The molecule has 7 nitrogen and oxygen atoms in total. The molecule has 0 spiro atoms. The van der Waals surface area contributed by atoms with E-state index in [4.69, 9.17) is 32.5 Å². The molecule has 1 aromatic heterocycles.